The largest absolute Gasteiger partial charge is 0.493 e. The van der Waals surface area contributed by atoms with Gasteiger partial charge in [-0.3, -0.25) is 4.79 Å². The summed E-state index contributed by atoms with van der Waals surface area (Å²) in [6.45, 7) is 2.78. The highest BCUT2D eigenvalue weighted by Gasteiger charge is 2.17. The minimum atomic E-state index is -0.515. The van der Waals surface area contributed by atoms with Crippen LogP contribution in [0.5, 0.6) is 5.75 Å². The predicted octanol–water partition coefficient (Wildman–Crippen LogP) is 3.50. The third-order valence-corrected chi connectivity index (χ3v) is 6.18. The number of nitrogens with one attached hydrogen (secondary N) is 3. The number of aliphatic hydroxyl groups excluding tert-OH is 1. The van der Waals surface area contributed by atoms with Crippen molar-refractivity contribution >= 4 is 12.4 Å². The number of hydrogen-bond donors (Lipinski definition) is 4. The van der Waals surface area contributed by atoms with Gasteiger partial charge >= 0.3 is 6.09 Å². The standard InChI is InChI=1S/C16H13FO2.C10H24N2O.C4H9NO3/c17-14-3-1-2-11(8-14)6-13-7-12(10-18)9-16-15(13)4-5-19-16;1-11-9-10(12-2)7-5-4-6-8-13-3;1-8-4(7)5-2-3-6/h1-3,7-10H,4-6H2;10-12H,4-9H2,1-3H3;6H,2-3H2,1H3,(H,5,7). The number of carbonyl (C=O) groups excluding carboxylic acids is 2. The van der Waals surface area contributed by atoms with Crippen molar-refractivity contribution in [3.05, 3.63) is 64.5 Å². The maximum atomic E-state index is 13.2. The van der Waals surface area contributed by atoms with Crippen LogP contribution in [0.4, 0.5) is 9.18 Å². The molecular weight excluding hydrogens is 517 g/mol. The normalized spacial score (nSPS) is 12.1. The zero-order valence-electron chi connectivity index (χ0n) is 24.3. The van der Waals surface area contributed by atoms with Crippen LogP contribution in [0.25, 0.3) is 0 Å². The summed E-state index contributed by atoms with van der Waals surface area (Å²) in [7, 11) is 7.05. The molecule has 0 saturated carbocycles. The van der Waals surface area contributed by atoms with Crippen LogP contribution in [-0.2, 0) is 22.3 Å². The van der Waals surface area contributed by atoms with Crippen LogP contribution in [0.1, 0.15) is 52.7 Å². The Bertz CT molecular complexity index is 992. The maximum absolute atomic E-state index is 13.2. The summed E-state index contributed by atoms with van der Waals surface area (Å²) < 4.78 is 27.9. The third-order valence-electron chi connectivity index (χ3n) is 6.18. The molecule has 0 aromatic heterocycles. The van der Waals surface area contributed by atoms with Gasteiger partial charge in [-0.15, -0.1) is 0 Å². The van der Waals surface area contributed by atoms with Crippen LogP contribution < -0.4 is 20.7 Å². The van der Waals surface area contributed by atoms with Crippen molar-refractivity contribution in [1.82, 2.24) is 16.0 Å². The molecule has 0 bridgehead atoms. The Morgan fingerprint density at radius 3 is 2.60 bits per heavy atom. The van der Waals surface area contributed by atoms with Crippen molar-refractivity contribution in [2.75, 3.05) is 61.2 Å². The molecule has 0 saturated heterocycles. The lowest BCUT2D eigenvalue weighted by Crippen LogP contribution is -2.34. The van der Waals surface area contributed by atoms with Gasteiger partial charge in [0.2, 0.25) is 0 Å². The van der Waals surface area contributed by atoms with E-state index in [-0.39, 0.29) is 19.0 Å². The fourth-order valence-electron chi connectivity index (χ4n) is 4.13. The Morgan fingerprint density at radius 2 is 1.98 bits per heavy atom. The molecule has 9 nitrogen and oxygen atoms in total. The predicted molar refractivity (Wildman–Crippen MR) is 155 cm³/mol. The first-order valence-corrected chi connectivity index (χ1v) is 13.6. The summed E-state index contributed by atoms with van der Waals surface area (Å²) in [5.74, 6) is 0.549. The van der Waals surface area contributed by atoms with Crippen LogP contribution in [-0.4, -0.2) is 84.8 Å². The van der Waals surface area contributed by atoms with E-state index < -0.39 is 6.09 Å². The van der Waals surface area contributed by atoms with Crippen LogP contribution in [0.15, 0.2) is 36.4 Å². The molecule has 3 rings (SSSR count). The van der Waals surface area contributed by atoms with E-state index in [1.54, 1.807) is 19.2 Å². The first-order valence-electron chi connectivity index (χ1n) is 13.6. The number of aliphatic hydroxyl groups is 1. The summed E-state index contributed by atoms with van der Waals surface area (Å²) in [5.41, 5.74) is 3.68. The number of alkyl carbamates (subject to hydrolysis) is 1. The van der Waals surface area contributed by atoms with Gasteiger partial charge in [0.1, 0.15) is 17.9 Å². The highest BCUT2D eigenvalue weighted by atomic mass is 19.1. The molecular formula is C30H46FN3O6. The number of benzene rings is 2. The number of halogens is 1. The molecule has 0 fully saturated rings. The number of aldehydes is 1. The van der Waals surface area contributed by atoms with Gasteiger partial charge in [0.25, 0.3) is 0 Å². The monoisotopic (exact) mass is 563 g/mol. The second-order valence-electron chi connectivity index (χ2n) is 9.21. The van der Waals surface area contributed by atoms with Crippen LogP contribution in [0, 0.1) is 5.82 Å². The van der Waals surface area contributed by atoms with Gasteiger partial charge in [0.05, 0.1) is 20.3 Å². The van der Waals surface area contributed by atoms with Gasteiger partial charge in [-0.1, -0.05) is 25.0 Å². The number of unbranched alkanes of at least 4 members (excludes halogenated alkanes) is 2. The Morgan fingerprint density at radius 1 is 1.18 bits per heavy atom. The maximum Gasteiger partial charge on any atom is 0.406 e. The molecule has 1 aliphatic heterocycles. The van der Waals surface area contributed by atoms with E-state index >= 15 is 0 Å². The van der Waals surface area contributed by atoms with Crippen molar-refractivity contribution in [3.8, 4) is 5.75 Å². The molecule has 1 atom stereocenters. The average Bonchev–Trinajstić information content (AvgIpc) is 3.45. The van der Waals surface area contributed by atoms with Gasteiger partial charge in [-0.25, -0.2) is 9.18 Å². The molecule has 1 amide bonds. The van der Waals surface area contributed by atoms with Crippen LogP contribution >= 0.6 is 0 Å². The fraction of sp³-hybridized carbons (Fsp3) is 0.533. The first kappa shape index (κ1) is 35.0. The van der Waals surface area contributed by atoms with Gasteiger partial charge < -0.3 is 35.3 Å². The minimum absolute atomic E-state index is 0.0604. The first-order chi connectivity index (χ1) is 19.4. The number of ether oxygens (including phenoxy) is 3. The van der Waals surface area contributed by atoms with E-state index in [0.29, 0.717) is 24.6 Å². The SMILES string of the molecule is CNCC(CCCCCOC)NC.COC(=O)NCCO.O=Cc1cc(Cc2cccc(F)c2)c2c(c1)OCC2. The molecule has 40 heavy (non-hydrogen) atoms. The number of methoxy groups -OCH3 is 2. The summed E-state index contributed by atoms with van der Waals surface area (Å²) in [6.07, 6.45) is 6.76. The van der Waals surface area contributed by atoms with Gasteiger partial charge in [-0.2, -0.15) is 0 Å². The van der Waals surface area contributed by atoms with Gasteiger partial charge in [0.15, 0.2) is 0 Å². The quantitative estimate of drug-likeness (QED) is 0.204. The number of carbonyl (C=O) groups is 2. The van der Waals surface area contributed by atoms with Crippen molar-refractivity contribution < 1.29 is 33.3 Å². The average molecular weight is 564 g/mol. The lowest BCUT2D eigenvalue weighted by Gasteiger charge is -2.14. The Balaban J connectivity index is 0.000000333. The smallest absolute Gasteiger partial charge is 0.406 e. The van der Waals surface area contributed by atoms with Gasteiger partial charge in [-0.05, 0) is 68.8 Å². The molecule has 0 radical (unpaired) electrons. The zero-order valence-corrected chi connectivity index (χ0v) is 24.3. The Hall–Kier alpha value is -3.05. The van der Waals surface area contributed by atoms with E-state index in [2.05, 4.69) is 20.7 Å². The van der Waals surface area contributed by atoms with Crippen LogP contribution in [0.2, 0.25) is 0 Å². The van der Waals surface area contributed by atoms with Crippen LogP contribution in [0.3, 0.4) is 0 Å². The molecule has 1 heterocycles. The Labute approximate surface area is 237 Å². The van der Waals surface area contributed by atoms with Crippen molar-refractivity contribution in [3.63, 3.8) is 0 Å². The van der Waals surface area contributed by atoms with E-state index in [4.69, 9.17) is 14.6 Å². The lowest BCUT2D eigenvalue weighted by molar-refractivity contribution is 0.112. The van der Waals surface area contributed by atoms with Crippen molar-refractivity contribution in [2.24, 2.45) is 0 Å². The number of fused-ring (bicyclic) bond motifs is 1. The molecule has 1 aliphatic rings. The fourth-order valence-corrected chi connectivity index (χ4v) is 4.13. The van der Waals surface area contributed by atoms with Gasteiger partial charge in [0, 0.05) is 50.4 Å². The lowest BCUT2D eigenvalue weighted by atomic mass is 9.96. The number of hydrogen-bond acceptors (Lipinski definition) is 8. The van der Waals surface area contributed by atoms with E-state index in [1.165, 1.54) is 44.9 Å². The van der Waals surface area contributed by atoms with Crippen molar-refractivity contribution in [2.45, 2.75) is 44.6 Å². The van der Waals surface area contributed by atoms with E-state index in [1.807, 2.05) is 26.2 Å². The third kappa shape index (κ3) is 14.4. The van der Waals surface area contributed by atoms with E-state index in [9.17, 15) is 14.0 Å². The zero-order chi connectivity index (χ0) is 29.6. The van der Waals surface area contributed by atoms with Crippen molar-refractivity contribution in [1.29, 1.82) is 0 Å². The molecule has 1 unspecified atom stereocenters. The summed E-state index contributed by atoms with van der Waals surface area (Å²) in [4.78, 5) is 21.1. The number of rotatable bonds is 14. The summed E-state index contributed by atoms with van der Waals surface area (Å²) >= 11 is 0. The molecule has 4 N–H and O–H groups in total. The molecule has 2 aromatic rings. The summed E-state index contributed by atoms with van der Waals surface area (Å²) in [6, 6.07) is 10.8. The topological polar surface area (TPSA) is 118 Å². The number of likely N-dealkylation sites (N-methyl/N-ethyl adjacent to an activating group) is 2. The molecule has 0 spiro atoms. The highest BCUT2D eigenvalue weighted by Crippen LogP contribution is 2.31. The van der Waals surface area contributed by atoms with E-state index in [0.717, 1.165) is 48.3 Å². The number of amides is 1. The summed E-state index contributed by atoms with van der Waals surface area (Å²) in [5, 5.41) is 16.9. The Kier molecular flexibility index (Phi) is 19.0. The molecule has 2 aromatic carbocycles. The second kappa shape index (κ2) is 21.7. The minimum Gasteiger partial charge on any atom is -0.493 e. The highest BCUT2D eigenvalue weighted by molar-refractivity contribution is 5.77. The molecule has 10 heteroatoms. The molecule has 0 aliphatic carbocycles. The second-order valence-corrected chi connectivity index (χ2v) is 9.21. The molecule has 224 valence electrons.